The first-order chi connectivity index (χ1) is 8.36. The van der Waals surface area contributed by atoms with Crippen molar-refractivity contribution in [1.29, 1.82) is 0 Å². The number of para-hydroxylation sites is 1. The van der Waals surface area contributed by atoms with Crippen LogP contribution < -0.4 is 5.48 Å². The molecule has 1 unspecified atom stereocenters. The van der Waals surface area contributed by atoms with Crippen molar-refractivity contribution >= 4 is 12.0 Å². The average Bonchev–Trinajstić information content (AvgIpc) is 2.39. The number of aldehydes is 1. The van der Waals surface area contributed by atoms with Crippen molar-refractivity contribution in [3.63, 3.8) is 0 Å². The minimum atomic E-state index is -0.355. The lowest BCUT2D eigenvalue weighted by atomic mass is 10.1. The van der Waals surface area contributed by atoms with Crippen molar-refractivity contribution in [1.82, 2.24) is 0 Å². The summed E-state index contributed by atoms with van der Waals surface area (Å²) >= 11 is 0. The molecule has 1 atom stereocenters. The summed E-state index contributed by atoms with van der Waals surface area (Å²) in [5.41, 5.74) is 3.67. The number of anilines is 1. The van der Waals surface area contributed by atoms with E-state index in [0.717, 1.165) is 31.2 Å². The van der Waals surface area contributed by atoms with E-state index in [0.29, 0.717) is 0 Å². The number of carbonyl (C=O) groups excluding carboxylic acids is 1. The molecule has 0 aliphatic heterocycles. The largest absolute Gasteiger partial charge is 0.300 e. The molecule has 0 amide bonds. The molecule has 0 radical (unpaired) electrons. The molecule has 1 aromatic rings. The van der Waals surface area contributed by atoms with E-state index in [1.165, 1.54) is 12.8 Å². The third-order valence-electron chi connectivity index (χ3n) is 2.60. The van der Waals surface area contributed by atoms with E-state index in [-0.39, 0.29) is 6.10 Å². The minimum Gasteiger partial charge on any atom is -0.300 e. The second kappa shape index (κ2) is 8.76. The monoisotopic (exact) mass is 235 g/mol. The Bertz CT molecular complexity index is 300. The number of carbonyl (C=O) groups is 1. The van der Waals surface area contributed by atoms with Crippen molar-refractivity contribution < 1.29 is 9.63 Å². The van der Waals surface area contributed by atoms with E-state index in [1.807, 2.05) is 30.3 Å². The Kier molecular flexibility index (Phi) is 7.07. The molecule has 3 nitrogen and oxygen atoms in total. The first-order valence-corrected chi connectivity index (χ1v) is 6.28. The summed E-state index contributed by atoms with van der Waals surface area (Å²) in [5, 5.41) is 0. The maximum Gasteiger partial charge on any atom is 0.151 e. The van der Waals surface area contributed by atoms with Gasteiger partial charge in [-0.25, -0.2) is 0 Å². The van der Waals surface area contributed by atoms with Gasteiger partial charge < -0.3 is 4.79 Å². The van der Waals surface area contributed by atoms with Gasteiger partial charge in [-0.05, 0) is 18.6 Å². The Balaban J connectivity index is 2.20. The molecule has 0 aromatic heterocycles. The molecule has 3 heteroatoms. The number of hydrogen-bond donors (Lipinski definition) is 1. The van der Waals surface area contributed by atoms with Gasteiger partial charge >= 0.3 is 0 Å². The molecule has 94 valence electrons. The van der Waals surface area contributed by atoms with Crippen LogP contribution in [-0.4, -0.2) is 12.4 Å². The SMILES string of the molecule is CCCCCCC(C=O)ONc1ccccc1. The molecule has 1 aromatic carbocycles. The van der Waals surface area contributed by atoms with Gasteiger partial charge in [0.25, 0.3) is 0 Å². The highest BCUT2D eigenvalue weighted by Crippen LogP contribution is 2.09. The molecular formula is C14H21NO2. The fourth-order valence-corrected chi connectivity index (χ4v) is 1.58. The molecule has 0 saturated heterocycles. The Labute approximate surface area is 103 Å². The van der Waals surface area contributed by atoms with E-state index in [4.69, 9.17) is 4.84 Å². The highest BCUT2D eigenvalue weighted by molar-refractivity contribution is 5.56. The summed E-state index contributed by atoms with van der Waals surface area (Å²) in [7, 11) is 0. The predicted molar refractivity (Wildman–Crippen MR) is 69.8 cm³/mol. The van der Waals surface area contributed by atoms with Crippen LogP contribution >= 0.6 is 0 Å². The van der Waals surface area contributed by atoms with Crippen LogP contribution in [0.2, 0.25) is 0 Å². The molecule has 0 aliphatic rings. The van der Waals surface area contributed by atoms with E-state index < -0.39 is 0 Å². The number of hydrogen-bond acceptors (Lipinski definition) is 3. The normalized spacial score (nSPS) is 12.1. The number of benzene rings is 1. The Morgan fingerprint density at radius 1 is 1.24 bits per heavy atom. The lowest BCUT2D eigenvalue weighted by Crippen LogP contribution is -2.18. The van der Waals surface area contributed by atoms with Crippen molar-refractivity contribution in [3.05, 3.63) is 30.3 Å². The van der Waals surface area contributed by atoms with Gasteiger partial charge in [-0.15, -0.1) is 0 Å². The lowest BCUT2D eigenvalue weighted by Gasteiger charge is -2.12. The highest BCUT2D eigenvalue weighted by atomic mass is 16.7. The zero-order valence-electron chi connectivity index (χ0n) is 10.4. The maximum absolute atomic E-state index is 10.8. The van der Waals surface area contributed by atoms with Gasteiger partial charge in [0.2, 0.25) is 0 Å². The van der Waals surface area contributed by atoms with Crippen molar-refractivity contribution in [2.75, 3.05) is 5.48 Å². The number of rotatable bonds is 9. The van der Waals surface area contributed by atoms with Crippen molar-refractivity contribution in [2.24, 2.45) is 0 Å². The van der Waals surface area contributed by atoms with Crippen molar-refractivity contribution in [3.8, 4) is 0 Å². The quantitative estimate of drug-likeness (QED) is 0.404. The molecule has 1 rings (SSSR count). The second-order valence-electron chi connectivity index (χ2n) is 4.11. The van der Waals surface area contributed by atoms with Gasteiger partial charge in [0.1, 0.15) is 6.10 Å². The van der Waals surface area contributed by atoms with Crippen LogP contribution in [0.25, 0.3) is 0 Å². The van der Waals surface area contributed by atoms with Crippen LogP contribution in [0.3, 0.4) is 0 Å². The highest BCUT2D eigenvalue weighted by Gasteiger charge is 2.07. The average molecular weight is 235 g/mol. The van der Waals surface area contributed by atoms with Crippen LogP contribution in [0.15, 0.2) is 30.3 Å². The molecule has 1 N–H and O–H groups in total. The van der Waals surface area contributed by atoms with Crippen LogP contribution in [0.1, 0.15) is 39.0 Å². The number of unbranched alkanes of at least 4 members (excludes halogenated alkanes) is 3. The lowest BCUT2D eigenvalue weighted by molar-refractivity contribution is -0.116. The fraction of sp³-hybridized carbons (Fsp3) is 0.500. The molecule has 0 aliphatic carbocycles. The molecule has 0 spiro atoms. The molecule has 0 fully saturated rings. The van der Waals surface area contributed by atoms with Crippen LogP contribution in [-0.2, 0) is 9.63 Å². The van der Waals surface area contributed by atoms with Crippen LogP contribution in [0.4, 0.5) is 5.69 Å². The Morgan fingerprint density at radius 3 is 2.65 bits per heavy atom. The predicted octanol–water partition coefficient (Wildman–Crippen LogP) is 3.57. The zero-order chi connectivity index (χ0) is 12.3. The molecular weight excluding hydrogens is 214 g/mol. The summed E-state index contributed by atoms with van der Waals surface area (Å²) in [6.07, 6.45) is 5.91. The summed E-state index contributed by atoms with van der Waals surface area (Å²) in [5.74, 6) is 0. The summed E-state index contributed by atoms with van der Waals surface area (Å²) < 4.78 is 0. The standard InChI is InChI=1S/C14H21NO2/c1-2-3-4-8-11-14(12-16)17-15-13-9-6-5-7-10-13/h5-7,9-10,12,14-15H,2-4,8,11H2,1H3. The first kappa shape index (κ1) is 13.7. The second-order valence-corrected chi connectivity index (χ2v) is 4.11. The fourth-order valence-electron chi connectivity index (χ4n) is 1.58. The summed E-state index contributed by atoms with van der Waals surface area (Å²) in [6.45, 7) is 2.17. The smallest absolute Gasteiger partial charge is 0.151 e. The topological polar surface area (TPSA) is 38.3 Å². The first-order valence-electron chi connectivity index (χ1n) is 6.28. The molecule has 17 heavy (non-hydrogen) atoms. The van der Waals surface area contributed by atoms with E-state index >= 15 is 0 Å². The van der Waals surface area contributed by atoms with Gasteiger partial charge in [0.15, 0.2) is 6.29 Å². The molecule has 0 heterocycles. The van der Waals surface area contributed by atoms with E-state index in [1.54, 1.807) is 0 Å². The maximum atomic E-state index is 10.8. The van der Waals surface area contributed by atoms with E-state index in [9.17, 15) is 4.79 Å². The summed E-state index contributed by atoms with van der Waals surface area (Å²) in [4.78, 5) is 16.2. The van der Waals surface area contributed by atoms with Crippen molar-refractivity contribution in [2.45, 2.75) is 45.1 Å². The van der Waals surface area contributed by atoms with Gasteiger partial charge in [-0.1, -0.05) is 50.8 Å². The van der Waals surface area contributed by atoms with Crippen LogP contribution in [0, 0.1) is 0 Å². The third-order valence-corrected chi connectivity index (χ3v) is 2.60. The van der Waals surface area contributed by atoms with Gasteiger partial charge in [-0.2, -0.15) is 0 Å². The minimum absolute atomic E-state index is 0.355. The third kappa shape index (κ3) is 6.07. The summed E-state index contributed by atoms with van der Waals surface area (Å²) in [6, 6.07) is 9.58. The van der Waals surface area contributed by atoms with E-state index in [2.05, 4.69) is 12.4 Å². The molecule has 0 saturated carbocycles. The Morgan fingerprint density at radius 2 is 2.00 bits per heavy atom. The number of nitrogens with one attached hydrogen (secondary N) is 1. The van der Waals surface area contributed by atoms with Gasteiger partial charge in [-0.3, -0.25) is 10.3 Å². The zero-order valence-corrected chi connectivity index (χ0v) is 10.4. The molecule has 0 bridgehead atoms. The van der Waals surface area contributed by atoms with Crippen LogP contribution in [0.5, 0.6) is 0 Å². The Hall–Kier alpha value is -1.35. The van der Waals surface area contributed by atoms with Gasteiger partial charge in [0, 0.05) is 0 Å². The van der Waals surface area contributed by atoms with Gasteiger partial charge in [0.05, 0.1) is 5.69 Å².